The van der Waals surface area contributed by atoms with Crippen molar-refractivity contribution < 1.29 is 0 Å². The van der Waals surface area contributed by atoms with Crippen molar-refractivity contribution in [2.45, 2.75) is 52.9 Å². The molecule has 0 aliphatic carbocycles. The maximum absolute atomic E-state index is 4.81. The zero-order valence-corrected chi connectivity index (χ0v) is 14.8. The molecule has 0 saturated heterocycles. The number of benzene rings is 1. The fourth-order valence-electron chi connectivity index (χ4n) is 2.67. The van der Waals surface area contributed by atoms with E-state index >= 15 is 0 Å². The van der Waals surface area contributed by atoms with Crippen LogP contribution in [0.15, 0.2) is 29.3 Å². The Hall–Kier alpha value is -0.960. The quantitative estimate of drug-likeness (QED) is 0.819. The summed E-state index contributed by atoms with van der Waals surface area (Å²) in [7, 11) is 0. The monoisotopic (exact) mass is 304 g/mol. The molecule has 1 aliphatic rings. The normalized spacial score (nSPS) is 18.2. The molecule has 1 heterocycles. The molecule has 1 N–H and O–H groups in total. The maximum atomic E-state index is 4.81. The van der Waals surface area contributed by atoms with E-state index in [9.17, 15) is 0 Å². The number of nitrogens with zero attached hydrogens (tertiary/aromatic N) is 1. The predicted molar refractivity (Wildman–Crippen MR) is 96.5 cm³/mol. The van der Waals surface area contributed by atoms with Crippen molar-refractivity contribution in [3.05, 3.63) is 29.8 Å². The Balaban J connectivity index is 2.16. The van der Waals surface area contributed by atoms with Crippen LogP contribution in [0.4, 0.5) is 5.69 Å². The largest absolute Gasteiger partial charge is 0.335 e. The molecule has 0 aromatic heterocycles. The molecule has 1 aromatic carbocycles. The lowest BCUT2D eigenvalue weighted by atomic mass is 9.84. The Morgan fingerprint density at radius 2 is 1.86 bits per heavy atom. The van der Waals surface area contributed by atoms with Crippen LogP contribution < -0.4 is 5.32 Å². The molecule has 21 heavy (non-hydrogen) atoms. The second-order valence-electron chi connectivity index (χ2n) is 7.04. The molecule has 0 radical (unpaired) electrons. The minimum Gasteiger partial charge on any atom is -0.335 e. The number of amidine groups is 1. The van der Waals surface area contributed by atoms with Gasteiger partial charge in [0.1, 0.15) is 0 Å². The van der Waals surface area contributed by atoms with E-state index in [1.54, 1.807) is 0 Å². The van der Waals surface area contributed by atoms with E-state index in [2.05, 4.69) is 64.2 Å². The summed E-state index contributed by atoms with van der Waals surface area (Å²) < 4.78 is 0. The van der Waals surface area contributed by atoms with Crippen molar-refractivity contribution in [1.29, 1.82) is 0 Å². The summed E-state index contributed by atoms with van der Waals surface area (Å²) >= 11 is 1.87. The molecule has 0 atom stereocenters. The van der Waals surface area contributed by atoms with Crippen LogP contribution >= 0.6 is 11.8 Å². The zero-order chi connectivity index (χ0) is 15.5. The van der Waals surface area contributed by atoms with Gasteiger partial charge < -0.3 is 5.32 Å². The van der Waals surface area contributed by atoms with Gasteiger partial charge in [0.2, 0.25) is 0 Å². The van der Waals surface area contributed by atoms with E-state index in [1.165, 1.54) is 29.8 Å². The second kappa shape index (κ2) is 6.43. The first-order valence-corrected chi connectivity index (χ1v) is 8.92. The van der Waals surface area contributed by atoms with Gasteiger partial charge in [-0.05, 0) is 35.3 Å². The van der Waals surface area contributed by atoms with Crippen LogP contribution in [0, 0.1) is 5.41 Å². The summed E-state index contributed by atoms with van der Waals surface area (Å²) in [6, 6.07) is 8.57. The SMILES string of the molecule is CCC1(CC)CN=C(Nc2ccccc2C(C)(C)C)SC1. The summed E-state index contributed by atoms with van der Waals surface area (Å²) in [5.74, 6) is 1.17. The van der Waals surface area contributed by atoms with Gasteiger partial charge in [0.05, 0.1) is 0 Å². The first kappa shape index (κ1) is 16.4. The first-order chi connectivity index (χ1) is 9.90. The number of hydrogen-bond donors (Lipinski definition) is 1. The Morgan fingerprint density at radius 1 is 1.19 bits per heavy atom. The van der Waals surface area contributed by atoms with Gasteiger partial charge in [0.25, 0.3) is 0 Å². The molecule has 3 heteroatoms. The summed E-state index contributed by atoms with van der Waals surface area (Å²) in [5.41, 5.74) is 3.08. The molecule has 1 aromatic rings. The first-order valence-electron chi connectivity index (χ1n) is 7.94. The molecule has 2 rings (SSSR count). The predicted octanol–water partition coefficient (Wildman–Crippen LogP) is 5.31. The highest BCUT2D eigenvalue weighted by Gasteiger charge is 2.30. The van der Waals surface area contributed by atoms with Gasteiger partial charge in [-0.25, -0.2) is 0 Å². The van der Waals surface area contributed by atoms with Crippen molar-refractivity contribution in [3.63, 3.8) is 0 Å². The number of rotatable bonds is 3. The van der Waals surface area contributed by atoms with Gasteiger partial charge in [0.15, 0.2) is 5.17 Å². The second-order valence-corrected chi connectivity index (χ2v) is 8.00. The lowest BCUT2D eigenvalue weighted by Gasteiger charge is -2.34. The van der Waals surface area contributed by atoms with Crippen LogP contribution in [0.2, 0.25) is 0 Å². The van der Waals surface area contributed by atoms with Gasteiger partial charge >= 0.3 is 0 Å². The average molecular weight is 305 g/mol. The molecule has 0 spiro atoms. The highest BCUT2D eigenvalue weighted by molar-refractivity contribution is 8.14. The van der Waals surface area contributed by atoms with E-state index in [0.29, 0.717) is 5.41 Å². The van der Waals surface area contributed by atoms with Crippen molar-refractivity contribution in [1.82, 2.24) is 0 Å². The van der Waals surface area contributed by atoms with E-state index in [-0.39, 0.29) is 5.41 Å². The summed E-state index contributed by atoms with van der Waals surface area (Å²) in [4.78, 5) is 4.81. The molecule has 2 nitrogen and oxygen atoms in total. The molecule has 0 fully saturated rings. The molecule has 0 unspecified atom stereocenters. The third-order valence-electron chi connectivity index (χ3n) is 4.55. The van der Waals surface area contributed by atoms with E-state index in [4.69, 9.17) is 4.99 Å². The van der Waals surface area contributed by atoms with Gasteiger partial charge in [-0.1, -0.05) is 64.6 Å². The van der Waals surface area contributed by atoms with Crippen LogP contribution in [0.5, 0.6) is 0 Å². The molecule has 0 saturated carbocycles. The number of thioether (sulfide) groups is 1. The van der Waals surface area contributed by atoms with E-state index in [0.717, 1.165) is 11.7 Å². The lowest BCUT2D eigenvalue weighted by molar-refractivity contribution is 0.318. The van der Waals surface area contributed by atoms with Gasteiger partial charge in [0, 0.05) is 18.0 Å². The Kier molecular flexibility index (Phi) is 5.03. The summed E-state index contributed by atoms with van der Waals surface area (Å²) in [5, 5.41) is 4.63. The van der Waals surface area contributed by atoms with E-state index in [1.807, 2.05) is 11.8 Å². The maximum Gasteiger partial charge on any atom is 0.161 e. The van der Waals surface area contributed by atoms with Gasteiger partial charge in [-0.3, -0.25) is 4.99 Å². The molecule has 0 bridgehead atoms. The zero-order valence-electron chi connectivity index (χ0n) is 14.0. The summed E-state index contributed by atoms with van der Waals surface area (Å²) in [6.45, 7) is 12.3. The van der Waals surface area contributed by atoms with Crippen molar-refractivity contribution in [2.75, 3.05) is 17.6 Å². The molecular formula is C18H28N2S. The Labute approximate surface area is 133 Å². The number of hydrogen-bond acceptors (Lipinski definition) is 3. The number of anilines is 1. The highest BCUT2D eigenvalue weighted by atomic mass is 32.2. The fourth-order valence-corrected chi connectivity index (χ4v) is 3.95. The third kappa shape index (κ3) is 3.82. The van der Waals surface area contributed by atoms with Gasteiger partial charge in [-0.2, -0.15) is 0 Å². The molecule has 116 valence electrons. The van der Waals surface area contributed by atoms with Crippen LogP contribution in [0.25, 0.3) is 0 Å². The van der Waals surface area contributed by atoms with Gasteiger partial charge in [-0.15, -0.1) is 0 Å². The number of aliphatic imine (C=N–C) groups is 1. The molecule has 1 aliphatic heterocycles. The summed E-state index contributed by atoms with van der Waals surface area (Å²) in [6.07, 6.45) is 2.43. The fraction of sp³-hybridized carbons (Fsp3) is 0.611. The van der Waals surface area contributed by atoms with Crippen LogP contribution in [-0.4, -0.2) is 17.5 Å². The minimum absolute atomic E-state index is 0.139. The molecule has 0 amide bonds. The Morgan fingerprint density at radius 3 is 2.38 bits per heavy atom. The standard InChI is InChI=1S/C18H28N2S/c1-6-18(7-2)12-19-16(21-13-18)20-15-11-9-8-10-14(15)17(3,4)5/h8-11H,6-7,12-13H2,1-5H3,(H,19,20). The van der Waals surface area contributed by atoms with Crippen LogP contribution in [0.1, 0.15) is 53.0 Å². The van der Waals surface area contributed by atoms with Crippen molar-refractivity contribution in [3.8, 4) is 0 Å². The minimum atomic E-state index is 0.139. The number of nitrogens with one attached hydrogen (secondary N) is 1. The topological polar surface area (TPSA) is 24.4 Å². The van der Waals surface area contributed by atoms with Crippen LogP contribution in [-0.2, 0) is 5.41 Å². The van der Waals surface area contributed by atoms with Crippen molar-refractivity contribution in [2.24, 2.45) is 10.4 Å². The van der Waals surface area contributed by atoms with Crippen molar-refractivity contribution >= 4 is 22.6 Å². The lowest BCUT2D eigenvalue weighted by Crippen LogP contribution is -2.32. The smallest absolute Gasteiger partial charge is 0.161 e. The van der Waals surface area contributed by atoms with Crippen LogP contribution in [0.3, 0.4) is 0 Å². The van der Waals surface area contributed by atoms with E-state index < -0.39 is 0 Å². The number of para-hydroxylation sites is 1. The highest BCUT2D eigenvalue weighted by Crippen LogP contribution is 2.36. The third-order valence-corrected chi connectivity index (χ3v) is 5.81. The average Bonchev–Trinajstić information content (AvgIpc) is 2.48. The Bertz CT molecular complexity index is 510. The molecular weight excluding hydrogens is 276 g/mol.